The Balaban J connectivity index is 1.69. The molecule has 0 radical (unpaired) electrons. The smallest absolute Gasteiger partial charge is 0.270 e. The van der Waals surface area contributed by atoms with Gasteiger partial charge in [-0.25, -0.2) is 9.97 Å². The molecular weight excluding hydrogens is 371 g/mol. The van der Waals surface area contributed by atoms with Crippen LogP contribution in [0.1, 0.15) is 54.2 Å². The minimum absolute atomic E-state index is 0.246. The van der Waals surface area contributed by atoms with Gasteiger partial charge in [0.05, 0.1) is 12.1 Å². The van der Waals surface area contributed by atoms with Gasteiger partial charge >= 0.3 is 0 Å². The summed E-state index contributed by atoms with van der Waals surface area (Å²) in [4.78, 5) is 21.1. The van der Waals surface area contributed by atoms with Gasteiger partial charge in [0, 0.05) is 24.3 Å². The van der Waals surface area contributed by atoms with Crippen LogP contribution in [-0.2, 0) is 13.0 Å². The maximum absolute atomic E-state index is 13.5. The second-order valence-electron chi connectivity index (χ2n) is 7.60. The Morgan fingerprint density at radius 1 is 1.31 bits per heavy atom. The zero-order chi connectivity index (χ0) is 20.4. The predicted molar refractivity (Wildman–Crippen MR) is 108 cm³/mol. The normalized spacial score (nSPS) is 19.4. The fraction of sp³-hybridized carbons (Fsp3) is 0.409. The zero-order valence-corrected chi connectivity index (χ0v) is 16.4. The molecule has 6 nitrogen and oxygen atoms in total. The molecule has 7 heteroatoms. The largest absolute Gasteiger partial charge is 0.391 e. The summed E-state index contributed by atoms with van der Waals surface area (Å²) in [5.41, 5.74) is 2.73. The fourth-order valence-electron chi connectivity index (χ4n) is 4.04. The summed E-state index contributed by atoms with van der Waals surface area (Å²) in [7, 11) is 0. The van der Waals surface area contributed by atoms with Gasteiger partial charge < -0.3 is 15.0 Å². The topological polar surface area (TPSA) is 80.0 Å². The highest BCUT2D eigenvalue weighted by Gasteiger charge is 2.26. The molecule has 0 aromatic carbocycles. The third kappa shape index (κ3) is 4.15. The van der Waals surface area contributed by atoms with Crippen LogP contribution in [0.2, 0.25) is 0 Å². The number of aliphatic hydroxyl groups is 1. The van der Waals surface area contributed by atoms with Crippen LogP contribution in [-0.4, -0.2) is 37.7 Å². The van der Waals surface area contributed by atoms with Crippen LogP contribution in [0.25, 0.3) is 11.0 Å². The van der Waals surface area contributed by atoms with Crippen LogP contribution >= 0.6 is 0 Å². The van der Waals surface area contributed by atoms with Crippen LogP contribution in [0.3, 0.4) is 0 Å². The number of nitrogens with zero attached hydrogens (tertiary/aromatic N) is 3. The van der Waals surface area contributed by atoms with Crippen LogP contribution in [0.4, 0.5) is 4.39 Å². The van der Waals surface area contributed by atoms with Gasteiger partial charge in [-0.3, -0.25) is 4.79 Å². The lowest BCUT2D eigenvalue weighted by atomic mass is 9.92. The molecule has 0 spiro atoms. The molecule has 1 amide bonds. The lowest BCUT2D eigenvalue weighted by Crippen LogP contribution is -2.45. The minimum atomic E-state index is -0.525. The number of fused-ring (bicyclic) bond motifs is 1. The Morgan fingerprint density at radius 2 is 2.14 bits per heavy atom. The van der Waals surface area contributed by atoms with Crippen LogP contribution < -0.4 is 5.32 Å². The zero-order valence-electron chi connectivity index (χ0n) is 16.4. The Morgan fingerprint density at radius 3 is 2.90 bits per heavy atom. The number of hydrogen-bond acceptors (Lipinski definition) is 4. The molecule has 152 valence electrons. The molecule has 0 aliphatic heterocycles. The van der Waals surface area contributed by atoms with Crippen molar-refractivity contribution in [3.63, 3.8) is 0 Å². The van der Waals surface area contributed by atoms with Gasteiger partial charge in [-0.2, -0.15) is 4.39 Å². The molecular formula is C22H25FN4O2. The summed E-state index contributed by atoms with van der Waals surface area (Å²) in [5, 5.41) is 14.1. The highest BCUT2D eigenvalue weighted by molar-refractivity contribution is 5.95. The number of nitrogens with one attached hydrogen (secondary N) is 1. The second kappa shape index (κ2) is 8.29. The molecule has 1 saturated carbocycles. The van der Waals surface area contributed by atoms with E-state index in [-0.39, 0.29) is 11.9 Å². The van der Waals surface area contributed by atoms with Crippen molar-refractivity contribution in [3.8, 4) is 0 Å². The van der Waals surface area contributed by atoms with E-state index in [1.54, 1.807) is 12.1 Å². The molecule has 0 unspecified atom stereocenters. The first kappa shape index (κ1) is 19.5. The molecule has 2 atom stereocenters. The van der Waals surface area contributed by atoms with Crippen molar-refractivity contribution in [1.82, 2.24) is 19.9 Å². The Hall–Kier alpha value is -2.80. The fourth-order valence-corrected chi connectivity index (χ4v) is 4.04. The monoisotopic (exact) mass is 396 g/mol. The first-order valence-corrected chi connectivity index (χ1v) is 10.1. The molecule has 4 rings (SSSR count). The number of pyridine rings is 2. The highest BCUT2D eigenvalue weighted by Crippen LogP contribution is 2.24. The van der Waals surface area contributed by atoms with E-state index in [1.807, 2.05) is 23.8 Å². The van der Waals surface area contributed by atoms with Gasteiger partial charge in [0.15, 0.2) is 0 Å². The number of aliphatic hydroxyl groups excluding tert-OH is 1. The summed E-state index contributed by atoms with van der Waals surface area (Å²) < 4.78 is 15.5. The lowest BCUT2D eigenvalue weighted by molar-refractivity contribution is 0.0714. The quantitative estimate of drug-likeness (QED) is 0.649. The van der Waals surface area contributed by atoms with E-state index in [1.165, 1.54) is 12.3 Å². The van der Waals surface area contributed by atoms with E-state index >= 15 is 0 Å². The average molecular weight is 396 g/mol. The maximum atomic E-state index is 13.5. The van der Waals surface area contributed by atoms with Gasteiger partial charge in [-0.15, -0.1) is 0 Å². The predicted octanol–water partition coefficient (Wildman–Crippen LogP) is 3.21. The van der Waals surface area contributed by atoms with Crippen molar-refractivity contribution in [2.75, 3.05) is 0 Å². The van der Waals surface area contributed by atoms with E-state index in [2.05, 4.69) is 15.3 Å². The number of carbonyl (C=O) groups is 1. The van der Waals surface area contributed by atoms with E-state index < -0.39 is 12.1 Å². The van der Waals surface area contributed by atoms with Gasteiger partial charge in [0.1, 0.15) is 11.3 Å². The standard InChI is InChI=1S/C22H25FN4O2/c1-2-27-10-8-16-15(11-14-7-9-24-20(23)12-14)13-18(25-21(16)27)22(29)26-17-5-3-4-6-19(17)28/h7-10,12-13,17,19,28H,2-6,11H2,1H3,(H,26,29)/t17-,19-/m0/s1. The molecule has 1 aliphatic carbocycles. The summed E-state index contributed by atoms with van der Waals surface area (Å²) in [6.07, 6.45) is 6.78. The Labute approximate surface area is 168 Å². The molecule has 2 N–H and O–H groups in total. The Bertz CT molecular complexity index is 1030. The van der Waals surface area contributed by atoms with E-state index in [4.69, 9.17) is 0 Å². The van der Waals surface area contributed by atoms with Crippen molar-refractivity contribution >= 4 is 16.9 Å². The SMILES string of the molecule is CCn1ccc2c(Cc3ccnc(F)c3)cc(C(=O)N[C@H]3CCCC[C@@H]3O)nc21. The number of halogens is 1. The molecule has 1 aliphatic rings. The van der Waals surface area contributed by atoms with Gasteiger partial charge in [0.25, 0.3) is 5.91 Å². The molecule has 29 heavy (non-hydrogen) atoms. The van der Waals surface area contributed by atoms with Gasteiger partial charge in [-0.1, -0.05) is 12.8 Å². The third-order valence-electron chi connectivity index (χ3n) is 5.62. The number of aryl methyl sites for hydroxylation is 1. The summed E-state index contributed by atoms with van der Waals surface area (Å²) in [6.45, 7) is 2.75. The van der Waals surface area contributed by atoms with E-state index in [9.17, 15) is 14.3 Å². The van der Waals surface area contributed by atoms with Crippen molar-refractivity contribution in [3.05, 3.63) is 59.4 Å². The average Bonchev–Trinajstić information content (AvgIpc) is 3.13. The summed E-state index contributed by atoms with van der Waals surface area (Å²) in [5.74, 6) is -0.813. The van der Waals surface area contributed by atoms with E-state index in [0.29, 0.717) is 18.5 Å². The van der Waals surface area contributed by atoms with Gasteiger partial charge in [0.2, 0.25) is 5.95 Å². The highest BCUT2D eigenvalue weighted by atomic mass is 19.1. The number of aromatic nitrogens is 3. The molecule has 1 fully saturated rings. The molecule has 3 aromatic rings. The molecule has 0 saturated heterocycles. The summed E-state index contributed by atoms with van der Waals surface area (Å²) in [6, 6.07) is 6.67. The number of rotatable bonds is 5. The van der Waals surface area contributed by atoms with Gasteiger partial charge in [-0.05, 0) is 61.6 Å². The first-order valence-electron chi connectivity index (χ1n) is 10.1. The second-order valence-corrected chi connectivity index (χ2v) is 7.60. The first-order chi connectivity index (χ1) is 14.0. The lowest BCUT2D eigenvalue weighted by Gasteiger charge is -2.28. The molecule has 3 heterocycles. The maximum Gasteiger partial charge on any atom is 0.270 e. The van der Waals surface area contributed by atoms with Crippen LogP contribution in [0.5, 0.6) is 0 Å². The van der Waals surface area contributed by atoms with Crippen molar-refractivity contribution < 1.29 is 14.3 Å². The molecule has 0 bridgehead atoms. The number of amides is 1. The van der Waals surface area contributed by atoms with Crippen molar-refractivity contribution in [2.45, 2.75) is 57.7 Å². The molecule has 3 aromatic heterocycles. The number of carbonyl (C=O) groups excluding carboxylic acids is 1. The van der Waals surface area contributed by atoms with Crippen molar-refractivity contribution in [1.29, 1.82) is 0 Å². The summed E-state index contributed by atoms with van der Waals surface area (Å²) >= 11 is 0. The minimum Gasteiger partial charge on any atom is -0.391 e. The van der Waals surface area contributed by atoms with Crippen molar-refractivity contribution in [2.24, 2.45) is 0 Å². The Kier molecular flexibility index (Phi) is 5.58. The van der Waals surface area contributed by atoms with Crippen LogP contribution in [0.15, 0.2) is 36.7 Å². The number of hydrogen-bond donors (Lipinski definition) is 2. The third-order valence-corrected chi connectivity index (χ3v) is 5.62. The van der Waals surface area contributed by atoms with Crippen LogP contribution in [0, 0.1) is 5.95 Å². The van der Waals surface area contributed by atoms with E-state index in [0.717, 1.165) is 48.0 Å².